The summed E-state index contributed by atoms with van der Waals surface area (Å²) in [6, 6.07) is 4.60. The van der Waals surface area contributed by atoms with Gasteiger partial charge in [0.05, 0.1) is 6.61 Å². The second-order valence-corrected chi connectivity index (χ2v) is 5.51. The Labute approximate surface area is 110 Å². The van der Waals surface area contributed by atoms with E-state index in [0.29, 0.717) is 6.04 Å². The van der Waals surface area contributed by atoms with E-state index in [0.717, 1.165) is 30.6 Å². The predicted octanol–water partition coefficient (Wildman–Crippen LogP) is 3.07. The van der Waals surface area contributed by atoms with E-state index in [1.165, 1.54) is 24.8 Å². The molecule has 0 saturated heterocycles. The topological polar surface area (TPSA) is 34.1 Å². The van der Waals surface area contributed by atoms with Crippen LogP contribution in [-0.2, 0) is 6.54 Å². The minimum atomic E-state index is 0.499. The lowest BCUT2D eigenvalue weighted by Crippen LogP contribution is -2.22. The Morgan fingerprint density at radius 1 is 1.39 bits per heavy atom. The van der Waals surface area contributed by atoms with E-state index in [9.17, 15) is 0 Å². The van der Waals surface area contributed by atoms with Crippen LogP contribution in [0.5, 0.6) is 5.88 Å². The number of nitrogens with one attached hydrogen (secondary N) is 1. The highest BCUT2D eigenvalue weighted by molar-refractivity contribution is 5.24. The smallest absolute Gasteiger partial charge is 0.213 e. The van der Waals surface area contributed by atoms with E-state index in [1.54, 1.807) is 0 Å². The molecule has 0 unspecified atom stereocenters. The van der Waals surface area contributed by atoms with Crippen LogP contribution in [0.25, 0.3) is 0 Å². The van der Waals surface area contributed by atoms with Crippen LogP contribution in [-0.4, -0.2) is 17.6 Å². The summed E-state index contributed by atoms with van der Waals surface area (Å²) in [4.78, 5) is 4.51. The normalized spacial score (nSPS) is 15.1. The molecule has 0 aromatic carbocycles. The number of ether oxygens (including phenoxy) is 1. The van der Waals surface area contributed by atoms with Gasteiger partial charge in [-0.1, -0.05) is 32.8 Å². The number of aryl methyl sites for hydroxylation is 1. The van der Waals surface area contributed by atoms with E-state index in [1.807, 2.05) is 13.0 Å². The van der Waals surface area contributed by atoms with Gasteiger partial charge in [-0.05, 0) is 24.8 Å². The van der Waals surface area contributed by atoms with Crippen molar-refractivity contribution in [3.63, 3.8) is 0 Å². The molecule has 18 heavy (non-hydrogen) atoms. The zero-order chi connectivity index (χ0) is 13.0. The van der Waals surface area contributed by atoms with Gasteiger partial charge in [0.25, 0.3) is 0 Å². The molecule has 0 spiro atoms. The predicted molar refractivity (Wildman–Crippen MR) is 73.8 cm³/mol. The Kier molecular flexibility index (Phi) is 4.59. The second-order valence-electron chi connectivity index (χ2n) is 5.51. The molecule has 1 aliphatic carbocycles. The van der Waals surface area contributed by atoms with Crippen molar-refractivity contribution in [3.05, 3.63) is 23.4 Å². The standard InChI is InChI=1S/C15H24N2O/c1-11(2)16-10-14-6-7-15(17-12(14)3)18-9-8-13-4-5-13/h6-7,11,13,16H,4-5,8-10H2,1-3H3. The summed E-state index contributed by atoms with van der Waals surface area (Å²) in [5.41, 5.74) is 2.31. The second kappa shape index (κ2) is 6.19. The van der Waals surface area contributed by atoms with Gasteiger partial charge in [0.15, 0.2) is 0 Å². The third kappa shape index (κ3) is 4.30. The average molecular weight is 248 g/mol. The van der Waals surface area contributed by atoms with Crippen molar-refractivity contribution in [2.24, 2.45) is 5.92 Å². The molecule has 2 rings (SSSR count). The van der Waals surface area contributed by atoms with E-state index >= 15 is 0 Å². The highest BCUT2D eigenvalue weighted by atomic mass is 16.5. The zero-order valence-corrected chi connectivity index (χ0v) is 11.7. The molecule has 1 aromatic rings. The number of hydrogen-bond acceptors (Lipinski definition) is 3. The molecule has 3 heteroatoms. The number of nitrogens with zero attached hydrogens (tertiary/aromatic N) is 1. The SMILES string of the molecule is Cc1nc(OCCC2CC2)ccc1CNC(C)C. The molecule has 0 bridgehead atoms. The molecule has 0 atom stereocenters. The van der Waals surface area contributed by atoms with Crippen LogP contribution in [0.1, 0.15) is 44.4 Å². The summed E-state index contributed by atoms with van der Waals surface area (Å²) in [6.07, 6.45) is 3.95. The first kappa shape index (κ1) is 13.3. The first-order chi connectivity index (χ1) is 8.65. The lowest BCUT2D eigenvalue weighted by atomic mass is 10.2. The number of rotatable bonds is 7. The summed E-state index contributed by atoms with van der Waals surface area (Å²) in [7, 11) is 0. The summed E-state index contributed by atoms with van der Waals surface area (Å²) >= 11 is 0. The Balaban J connectivity index is 1.83. The van der Waals surface area contributed by atoms with E-state index < -0.39 is 0 Å². The van der Waals surface area contributed by atoms with E-state index in [4.69, 9.17) is 4.74 Å². The quantitative estimate of drug-likeness (QED) is 0.805. The molecule has 0 aliphatic heterocycles. The summed E-state index contributed by atoms with van der Waals surface area (Å²) in [5.74, 6) is 1.68. The van der Waals surface area contributed by atoms with Gasteiger partial charge < -0.3 is 10.1 Å². The molecule has 1 fully saturated rings. The van der Waals surface area contributed by atoms with Crippen molar-refractivity contribution in [2.75, 3.05) is 6.61 Å². The lowest BCUT2D eigenvalue weighted by Gasteiger charge is -2.11. The van der Waals surface area contributed by atoms with Crippen LogP contribution in [0, 0.1) is 12.8 Å². The van der Waals surface area contributed by atoms with Crippen molar-refractivity contribution in [3.8, 4) is 5.88 Å². The maximum absolute atomic E-state index is 5.69. The summed E-state index contributed by atoms with van der Waals surface area (Å²) in [5, 5.41) is 3.41. The molecule has 1 aliphatic rings. The van der Waals surface area contributed by atoms with E-state index in [2.05, 4.69) is 30.2 Å². The van der Waals surface area contributed by atoms with Crippen LogP contribution in [0.4, 0.5) is 0 Å². The largest absolute Gasteiger partial charge is 0.478 e. The number of aromatic nitrogens is 1. The molecule has 1 aromatic heterocycles. The Morgan fingerprint density at radius 3 is 2.78 bits per heavy atom. The highest BCUT2D eigenvalue weighted by Gasteiger charge is 2.20. The third-order valence-electron chi connectivity index (χ3n) is 3.34. The van der Waals surface area contributed by atoms with Gasteiger partial charge in [0.2, 0.25) is 5.88 Å². The first-order valence-electron chi connectivity index (χ1n) is 6.98. The molecular weight excluding hydrogens is 224 g/mol. The molecule has 1 N–H and O–H groups in total. The molecular formula is C15H24N2O. The fraction of sp³-hybridized carbons (Fsp3) is 0.667. The molecule has 0 amide bonds. The number of hydrogen-bond donors (Lipinski definition) is 1. The van der Waals surface area contributed by atoms with Crippen molar-refractivity contribution >= 4 is 0 Å². The van der Waals surface area contributed by atoms with Gasteiger partial charge in [-0.25, -0.2) is 4.98 Å². The van der Waals surface area contributed by atoms with Gasteiger partial charge in [-0.2, -0.15) is 0 Å². The van der Waals surface area contributed by atoms with Gasteiger partial charge in [0.1, 0.15) is 0 Å². The van der Waals surface area contributed by atoms with Crippen LogP contribution in [0.2, 0.25) is 0 Å². The molecule has 3 nitrogen and oxygen atoms in total. The maximum atomic E-state index is 5.69. The molecule has 1 saturated carbocycles. The van der Waals surface area contributed by atoms with Crippen molar-refractivity contribution in [1.82, 2.24) is 10.3 Å². The van der Waals surface area contributed by atoms with Crippen molar-refractivity contribution < 1.29 is 4.74 Å². The summed E-state index contributed by atoms with van der Waals surface area (Å²) in [6.45, 7) is 8.03. The minimum Gasteiger partial charge on any atom is -0.478 e. The van der Waals surface area contributed by atoms with E-state index in [-0.39, 0.29) is 0 Å². The zero-order valence-electron chi connectivity index (χ0n) is 11.7. The van der Waals surface area contributed by atoms with Crippen molar-refractivity contribution in [1.29, 1.82) is 0 Å². The van der Waals surface area contributed by atoms with Crippen LogP contribution in [0.3, 0.4) is 0 Å². The van der Waals surface area contributed by atoms with Crippen LogP contribution in [0.15, 0.2) is 12.1 Å². The minimum absolute atomic E-state index is 0.499. The Bertz CT molecular complexity index is 386. The number of pyridine rings is 1. The maximum Gasteiger partial charge on any atom is 0.213 e. The molecule has 1 heterocycles. The van der Waals surface area contributed by atoms with Crippen LogP contribution < -0.4 is 10.1 Å². The third-order valence-corrected chi connectivity index (χ3v) is 3.34. The Morgan fingerprint density at radius 2 is 2.17 bits per heavy atom. The van der Waals surface area contributed by atoms with Crippen molar-refractivity contribution in [2.45, 2.75) is 52.6 Å². The fourth-order valence-electron chi connectivity index (χ4n) is 1.88. The van der Waals surface area contributed by atoms with Gasteiger partial charge in [0, 0.05) is 24.3 Å². The van der Waals surface area contributed by atoms with Gasteiger partial charge in [-0.15, -0.1) is 0 Å². The monoisotopic (exact) mass is 248 g/mol. The molecule has 100 valence electrons. The first-order valence-corrected chi connectivity index (χ1v) is 6.98. The fourth-order valence-corrected chi connectivity index (χ4v) is 1.88. The molecule has 0 radical (unpaired) electrons. The van der Waals surface area contributed by atoms with Gasteiger partial charge >= 0.3 is 0 Å². The summed E-state index contributed by atoms with van der Waals surface area (Å²) < 4.78 is 5.69. The average Bonchev–Trinajstić information content (AvgIpc) is 3.12. The lowest BCUT2D eigenvalue weighted by molar-refractivity contribution is 0.290. The van der Waals surface area contributed by atoms with Gasteiger partial charge in [-0.3, -0.25) is 0 Å². The Hall–Kier alpha value is -1.09. The van der Waals surface area contributed by atoms with Crippen LogP contribution >= 0.6 is 0 Å². The highest BCUT2D eigenvalue weighted by Crippen LogP contribution is 2.32.